The minimum Gasteiger partial charge on any atom is -0.481 e. The van der Waals surface area contributed by atoms with Crippen molar-refractivity contribution in [1.82, 2.24) is 4.90 Å². The molecule has 1 aliphatic rings. The van der Waals surface area contributed by atoms with Gasteiger partial charge in [0.15, 0.2) is 0 Å². The zero-order valence-corrected chi connectivity index (χ0v) is 15.2. The first-order chi connectivity index (χ1) is 12.2. The highest BCUT2D eigenvalue weighted by Crippen LogP contribution is 2.37. The van der Waals surface area contributed by atoms with Crippen LogP contribution in [-0.2, 0) is 15.8 Å². The van der Waals surface area contributed by atoms with Gasteiger partial charge in [-0.05, 0) is 30.5 Å². The predicted octanol–water partition coefficient (Wildman–Crippen LogP) is 4.55. The number of thiocarbonyl (C=S) groups is 1. The number of amides is 1. The van der Waals surface area contributed by atoms with Gasteiger partial charge in [0, 0.05) is 13.0 Å². The number of aliphatic carboxylic acids is 1. The molecule has 1 aliphatic heterocycles. The van der Waals surface area contributed by atoms with Crippen LogP contribution in [0.1, 0.15) is 36.8 Å². The third kappa shape index (κ3) is 5.31. The van der Waals surface area contributed by atoms with E-state index < -0.39 is 23.6 Å². The van der Waals surface area contributed by atoms with Crippen molar-refractivity contribution in [3.8, 4) is 0 Å². The van der Waals surface area contributed by atoms with Crippen LogP contribution in [0.15, 0.2) is 29.2 Å². The monoisotopic (exact) mass is 403 g/mol. The van der Waals surface area contributed by atoms with E-state index in [9.17, 15) is 22.8 Å². The van der Waals surface area contributed by atoms with E-state index in [1.165, 1.54) is 29.2 Å². The van der Waals surface area contributed by atoms with Gasteiger partial charge in [-0.1, -0.05) is 48.6 Å². The van der Waals surface area contributed by atoms with Gasteiger partial charge in [-0.3, -0.25) is 14.5 Å². The number of alkyl halides is 3. The van der Waals surface area contributed by atoms with Gasteiger partial charge >= 0.3 is 12.1 Å². The molecule has 0 unspecified atom stereocenters. The highest BCUT2D eigenvalue weighted by atomic mass is 32.2. The summed E-state index contributed by atoms with van der Waals surface area (Å²) in [6.07, 6.45) is -1.53. The Morgan fingerprint density at radius 3 is 2.58 bits per heavy atom. The molecule has 2 rings (SSSR count). The van der Waals surface area contributed by atoms with Crippen LogP contribution in [0.5, 0.6) is 0 Å². The van der Waals surface area contributed by atoms with Crippen LogP contribution in [0.2, 0.25) is 0 Å². The number of carboxylic acid groups (broad SMARTS) is 1. The molecule has 26 heavy (non-hydrogen) atoms. The molecular formula is C17H16F3NO3S2. The Labute approximate surface area is 158 Å². The molecule has 0 atom stereocenters. The molecule has 0 spiro atoms. The van der Waals surface area contributed by atoms with E-state index in [2.05, 4.69) is 0 Å². The zero-order chi connectivity index (χ0) is 19.3. The second-order valence-electron chi connectivity index (χ2n) is 5.62. The lowest BCUT2D eigenvalue weighted by atomic mass is 10.1. The summed E-state index contributed by atoms with van der Waals surface area (Å²) in [5.74, 6) is -1.29. The molecule has 0 radical (unpaired) electrons. The molecule has 0 bridgehead atoms. The van der Waals surface area contributed by atoms with Crippen molar-refractivity contribution in [2.24, 2.45) is 0 Å². The topological polar surface area (TPSA) is 57.6 Å². The quantitative estimate of drug-likeness (QED) is 0.411. The van der Waals surface area contributed by atoms with Crippen LogP contribution >= 0.6 is 24.0 Å². The van der Waals surface area contributed by atoms with Gasteiger partial charge in [0.2, 0.25) is 0 Å². The smallest absolute Gasteiger partial charge is 0.416 e. The van der Waals surface area contributed by atoms with E-state index in [0.29, 0.717) is 30.1 Å². The minimum absolute atomic E-state index is 0.0620. The summed E-state index contributed by atoms with van der Waals surface area (Å²) in [6.45, 7) is 0.322. The molecule has 4 nitrogen and oxygen atoms in total. The maximum absolute atomic E-state index is 13.1. The second-order valence-corrected chi connectivity index (χ2v) is 7.30. The average Bonchev–Trinajstić information content (AvgIpc) is 2.81. The highest BCUT2D eigenvalue weighted by molar-refractivity contribution is 8.26. The summed E-state index contributed by atoms with van der Waals surface area (Å²) >= 11 is 6.12. The first-order valence-corrected chi connectivity index (χ1v) is 9.06. The lowest BCUT2D eigenvalue weighted by Crippen LogP contribution is -2.29. The Kier molecular flexibility index (Phi) is 6.82. The summed E-state index contributed by atoms with van der Waals surface area (Å²) in [7, 11) is 0. The Morgan fingerprint density at radius 2 is 1.92 bits per heavy atom. The third-order valence-corrected chi connectivity index (χ3v) is 5.08. The van der Waals surface area contributed by atoms with E-state index in [0.717, 1.165) is 17.8 Å². The van der Waals surface area contributed by atoms with Crippen molar-refractivity contribution in [1.29, 1.82) is 0 Å². The molecule has 1 aromatic rings. The average molecular weight is 403 g/mol. The van der Waals surface area contributed by atoms with Crippen LogP contribution in [0, 0.1) is 0 Å². The van der Waals surface area contributed by atoms with Crippen LogP contribution in [0.3, 0.4) is 0 Å². The molecule has 1 N–H and O–H groups in total. The third-order valence-electron chi connectivity index (χ3n) is 3.70. The fraction of sp³-hybridized carbons (Fsp3) is 0.353. The SMILES string of the molecule is O=C(O)CCCCCN1C(=O)/C(=C\c2ccccc2C(F)(F)F)SC1=S. The molecule has 1 fully saturated rings. The number of rotatable bonds is 7. The molecular weight excluding hydrogens is 387 g/mol. The first kappa shape index (κ1) is 20.4. The number of nitrogens with zero attached hydrogens (tertiary/aromatic N) is 1. The normalized spacial score (nSPS) is 16.6. The van der Waals surface area contributed by atoms with Crippen molar-refractivity contribution in [2.75, 3.05) is 6.54 Å². The lowest BCUT2D eigenvalue weighted by molar-refractivity contribution is -0.138. The van der Waals surface area contributed by atoms with E-state index in [1.54, 1.807) is 0 Å². The van der Waals surface area contributed by atoms with Crippen molar-refractivity contribution in [2.45, 2.75) is 31.9 Å². The van der Waals surface area contributed by atoms with Crippen molar-refractivity contribution in [3.63, 3.8) is 0 Å². The number of carbonyl (C=O) groups is 2. The number of benzene rings is 1. The molecule has 1 saturated heterocycles. The predicted molar refractivity (Wildman–Crippen MR) is 97.4 cm³/mol. The summed E-state index contributed by atoms with van der Waals surface area (Å²) in [5, 5.41) is 8.59. The minimum atomic E-state index is -4.51. The summed E-state index contributed by atoms with van der Waals surface area (Å²) in [6, 6.07) is 5.04. The van der Waals surface area contributed by atoms with Crippen molar-refractivity contribution >= 4 is 46.3 Å². The van der Waals surface area contributed by atoms with Crippen LogP contribution in [0.4, 0.5) is 13.2 Å². The van der Waals surface area contributed by atoms with Gasteiger partial charge in [0.1, 0.15) is 4.32 Å². The number of hydrogen-bond donors (Lipinski definition) is 1. The molecule has 0 saturated carbocycles. The number of unbranched alkanes of at least 4 members (excludes halogenated alkanes) is 2. The van der Waals surface area contributed by atoms with Gasteiger partial charge in [0.05, 0.1) is 10.5 Å². The van der Waals surface area contributed by atoms with E-state index in [4.69, 9.17) is 17.3 Å². The number of carbonyl (C=O) groups excluding carboxylic acids is 1. The molecule has 1 amide bonds. The lowest BCUT2D eigenvalue weighted by Gasteiger charge is -2.14. The van der Waals surface area contributed by atoms with Gasteiger partial charge in [-0.25, -0.2) is 0 Å². The summed E-state index contributed by atoms with van der Waals surface area (Å²) in [5.41, 5.74) is -0.888. The van der Waals surface area contributed by atoms with Crippen molar-refractivity contribution < 1.29 is 27.9 Å². The van der Waals surface area contributed by atoms with Crippen LogP contribution in [0.25, 0.3) is 6.08 Å². The zero-order valence-electron chi connectivity index (χ0n) is 13.6. The number of thioether (sulfide) groups is 1. The Bertz CT molecular complexity index is 747. The molecule has 9 heteroatoms. The molecule has 0 aliphatic carbocycles. The fourth-order valence-electron chi connectivity index (χ4n) is 2.44. The van der Waals surface area contributed by atoms with Gasteiger partial charge in [-0.2, -0.15) is 13.2 Å². The van der Waals surface area contributed by atoms with Gasteiger partial charge in [0.25, 0.3) is 5.91 Å². The standard InChI is InChI=1S/C17H16F3NO3S2/c18-17(19,20)12-7-4-3-6-11(12)10-13-15(24)21(16(25)26-13)9-5-1-2-8-14(22)23/h3-4,6-7,10H,1-2,5,8-9H2,(H,22,23)/b13-10+. The molecule has 1 aromatic carbocycles. The number of carboxylic acids is 1. The molecule has 140 valence electrons. The first-order valence-electron chi connectivity index (χ1n) is 7.83. The fourth-order valence-corrected chi connectivity index (χ4v) is 3.74. The number of halogens is 3. The highest BCUT2D eigenvalue weighted by Gasteiger charge is 2.35. The second kappa shape index (κ2) is 8.68. The van der Waals surface area contributed by atoms with E-state index in [1.807, 2.05) is 0 Å². The van der Waals surface area contributed by atoms with Gasteiger partial charge < -0.3 is 5.11 Å². The summed E-state index contributed by atoms with van der Waals surface area (Å²) in [4.78, 5) is 24.4. The maximum atomic E-state index is 13.1. The Balaban J connectivity index is 2.07. The summed E-state index contributed by atoms with van der Waals surface area (Å²) < 4.78 is 39.5. The van der Waals surface area contributed by atoms with Crippen LogP contribution in [-0.4, -0.2) is 32.7 Å². The van der Waals surface area contributed by atoms with E-state index >= 15 is 0 Å². The molecule has 0 aromatic heterocycles. The van der Waals surface area contributed by atoms with Crippen molar-refractivity contribution in [3.05, 3.63) is 40.3 Å². The maximum Gasteiger partial charge on any atom is 0.416 e. The van der Waals surface area contributed by atoms with Crippen LogP contribution < -0.4 is 0 Å². The van der Waals surface area contributed by atoms with Gasteiger partial charge in [-0.15, -0.1) is 0 Å². The molecule has 1 heterocycles. The van der Waals surface area contributed by atoms with E-state index in [-0.39, 0.29) is 16.9 Å². The Hall–Kier alpha value is -1.87. The number of hydrogen-bond acceptors (Lipinski definition) is 4. The largest absolute Gasteiger partial charge is 0.481 e. The Morgan fingerprint density at radius 1 is 1.23 bits per heavy atom.